The zero-order valence-corrected chi connectivity index (χ0v) is 13.2. The van der Waals surface area contributed by atoms with Crippen molar-refractivity contribution in [3.8, 4) is 0 Å². The number of hydrogen-bond donors (Lipinski definition) is 1. The number of rotatable bonds is 5. The van der Waals surface area contributed by atoms with Gasteiger partial charge in [0.25, 0.3) is 5.91 Å². The maximum Gasteiger partial charge on any atom is 0.273 e. The molecule has 1 amide bonds. The molecule has 112 valence electrons. The quantitative estimate of drug-likeness (QED) is 0.847. The smallest absolute Gasteiger partial charge is 0.273 e. The van der Waals surface area contributed by atoms with E-state index in [1.807, 2.05) is 0 Å². The molecule has 1 heterocycles. The number of amides is 1. The zero-order chi connectivity index (χ0) is 15.6. The molecule has 1 aromatic heterocycles. The third-order valence-electron chi connectivity index (χ3n) is 2.99. The Morgan fingerprint density at radius 2 is 1.90 bits per heavy atom. The lowest BCUT2D eigenvalue weighted by Gasteiger charge is -2.22. The first kappa shape index (κ1) is 16.4. The van der Waals surface area contributed by atoms with Crippen molar-refractivity contribution < 1.29 is 13.2 Å². The number of sulfone groups is 1. The van der Waals surface area contributed by atoms with Gasteiger partial charge in [0.15, 0.2) is 15.5 Å². The Morgan fingerprint density at radius 1 is 1.30 bits per heavy atom. The normalized spacial score (nSPS) is 12.1. The highest BCUT2D eigenvalue weighted by Crippen LogP contribution is 2.15. The van der Waals surface area contributed by atoms with Gasteiger partial charge in [0.2, 0.25) is 0 Å². The van der Waals surface area contributed by atoms with Crippen molar-refractivity contribution in [1.29, 1.82) is 0 Å². The van der Waals surface area contributed by atoms with Gasteiger partial charge in [-0.25, -0.2) is 8.42 Å². The maximum atomic E-state index is 11.6. The summed E-state index contributed by atoms with van der Waals surface area (Å²) >= 11 is 0. The Labute approximate surface area is 119 Å². The number of aromatic nitrogens is 2. The molecule has 0 aliphatic heterocycles. The molecule has 1 aromatic rings. The van der Waals surface area contributed by atoms with Gasteiger partial charge in [-0.1, -0.05) is 0 Å². The van der Waals surface area contributed by atoms with Crippen LogP contribution in [0.1, 0.15) is 24.3 Å². The van der Waals surface area contributed by atoms with Crippen molar-refractivity contribution in [3.05, 3.63) is 17.8 Å². The van der Waals surface area contributed by atoms with Crippen molar-refractivity contribution in [3.63, 3.8) is 0 Å². The van der Waals surface area contributed by atoms with E-state index >= 15 is 0 Å². The van der Waals surface area contributed by atoms with E-state index in [1.54, 1.807) is 40.1 Å². The molecule has 0 saturated heterocycles. The van der Waals surface area contributed by atoms with Crippen LogP contribution in [0.15, 0.2) is 12.1 Å². The average molecular weight is 300 g/mol. The van der Waals surface area contributed by atoms with Crippen molar-refractivity contribution in [2.75, 3.05) is 32.2 Å². The van der Waals surface area contributed by atoms with E-state index in [1.165, 1.54) is 11.2 Å². The number of hydrogen-bond acceptors (Lipinski definition) is 6. The molecule has 0 fully saturated rings. The molecule has 20 heavy (non-hydrogen) atoms. The van der Waals surface area contributed by atoms with Gasteiger partial charge in [0, 0.05) is 26.9 Å². The lowest BCUT2D eigenvalue weighted by Crippen LogP contribution is -2.38. The Hall–Kier alpha value is -1.70. The van der Waals surface area contributed by atoms with Gasteiger partial charge in [-0.05, 0) is 26.0 Å². The summed E-state index contributed by atoms with van der Waals surface area (Å²) in [5.41, 5.74) is 0.239. The van der Waals surface area contributed by atoms with Crippen LogP contribution in [0.3, 0.4) is 0 Å². The molecule has 0 aliphatic rings. The first-order chi connectivity index (χ1) is 9.04. The van der Waals surface area contributed by atoms with E-state index in [-0.39, 0.29) is 18.1 Å². The second kappa shape index (κ2) is 5.74. The van der Waals surface area contributed by atoms with Gasteiger partial charge in [-0.2, -0.15) is 0 Å². The lowest BCUT2D eigenvalue weighted by molar-refractivity contribution is 0.0821. The predicted molar refractivity (Wildman–Crippen MR) is 77.5 cm³/mol. The van der Waals surface area contributed by atoms with Gasteiger partial charge < -0.3 is 10.2 Å². The van der Waals surface area contributed by atoms with Gasteiger partial charge >= 0.3 is 0 Å². The summed E-state index contributed by atoms with van der Waals surface area (Å²) in [6, 6.07) is 3.15. The van der Waals surface area contributed by atoms with Crippen LogP contribution in [0.4, 0.5) is 5.82 Å². The third-order valence-corrected chi connectivity index (χ3v) is 5.14. The molecule has 1 N–H and O–H groups in total. The van der Waals surface area contributed by atoms with Crippen LogP contribution in [0.5, 0.6) is 0 Å². The zero-order valence-electron chi connectivity index (χ0n) is 12.3. The second-order valence-electron chi connectivity index (χ2n) is 5.39. The summed E-state index contributed by atoms with van der Waals surface area (Å²) in [7, 11) is 0.0827. The number of anilines is 1. The van der Waals surface area contributed by atoms with Gasteiger partial charge in [0.1, 0.15) is 5.82 Å². The molecule has 0 aromatic carbocycles. The summed E-state index contributed by atoms with van der Waals surface area (Å²) < 4.78 is 22.2. The number of nitrogens with one attached hydrogen (secondary N) is 1. The summed E-state index contributed by atoms with van der Waals surface area (Å²) in [6.45, 7) is 3.47. The first-order valence-corrected chi connectivity index (χ1v) is 7.92. The summed E-state index contributed by atoms with van der Waals surface area (Å²) in [5.74, 6) is 0.192. The molecular weight excluding hydrogens is 280 g/mol. The van der Waals surface area contributed by atoms with E-state index in [4.69, 9.17) is 0 Å². The Bertz CT molecular complexity index is 579. The van der Waals surface area contributed by atoms with Crippen molar-refractivity contribution in [2.45, 2.75) is 18.6 Å². The van der Waals surface area contributed by atoms with Gasteiger partial charge in [-0.15, -0.1) is 10.2 Å². The number of carbonyl (C=O) groups excluding carboxylic acids is 1. The SMILES string of the molecule is CN(C)C(=O)c1ccc(NCC(C)(C)S(C)(=O)=O)nn1. The van der Waals surface area contributed by atoms with Crippen LogP contribution in [-0.2, 0) is 9.84 Å². The fourth-order valence-corrected chi connectivity index (χ4v) is 1.54. The van der Waals surface area contributed by atoms with E-state index < -0.39 is 14.6 Å². The minimum absolute atomic E-state index is 0.210. The monoisotopic (exact) mass is 300 g/mol. The summed E-state index contributed by atoms with van der Waals surface area (Å²) in [4.78, 5) is 13.0. The standard InChI is InChI=1S/C12H20N4O3S/c1-12(2,20(5,18)19)8-13-10-7-6-9(14-15-10)11(17)16(3)4/h6-7H,8H2,1-5H3,(H,13,15). The highest BCUT2D eigenvalue weighted by atomic mass is 32.2. The summed E-state index contributed by atoms with van der Waals surface area (Å²) in [6.07, 6.45) is 1.19. The summed E-state index contributed by atoms with van der Waals surface area (Å²) in [5, 5.41) is 10.6. The first-order valence-electron chi connectivity index (χ1n) is 6.03. The van der Waals surface area contributed by atoms with Crippen molar-refractivity contribution in [2.24, 2.45) is 0 Å². The van der Waals surface area contributed by atoms with Crippen LogP contribution in [-0.4, -0.2) is 61.1 Å². The van der Waals surface area contributed by atoms with Crippen molar-refractivity contribution >= 4 is 21.6 Å². The van der Waals surface area contributed by atoms with Crippen molar-refractivity contribution in [1.82, 2.24) is 15.1 Å². The molecular formula is C12H20N4O3S. The minimum Gasteiger partial charge on any atom is -0.367 e. The highest BCUT2D eigenvalue weighted by Gasteiger charge is 2.29. The van der Waals surface area contributed by atoms with Crippen LogP contribution >= 0.6 is 0 Å². The second-order valence-corrected chi connectivity index (χ2v) is 8.04. The average Bonchev–Trinajstić information content (AvgIpc) is 2.34. The van der Waals surface area contributed by atoms with Gasteiger partial charge in [0.05, 0.1) is 4.75 Å². The fourth-order valence-electron chi connectivity index (χ4n) is 1.20. The maximum absolute atomic E-state index is 11.6. The molecule has 7 nitrogen and oxygen atoms in total. The van der Waals surface area contributed by atoms with E-state index in [9.17, 15) is 13.2 Å². The molecule has 0 atom stereocenters. The molecule has 0 saturated carbocycles. The van der Waals surface area contributed by atoms with Crippen LogP contribution in [0, 0.1) is 0 Å². The van der Waals surface area contributed by atoms with Crippen LogP contribution in [0.2, 0.25) is 0 Å². The predicted octanol–water partition coefficient (Wildman–Crippen LogP) is 0.413. The molecule has 8 heteroatoms. The molecule has 0 bridgehead atoms. The number of nitrogens with zero attached hydrogens (tertiary/aromatic N) is 3. The topological polar surface area (TPSA) is 92.3 Å². The van der Waals surface area contributed by atoms with E-state index in [2.05, 4.69) is 15.5 Å². The molecule has 1 rings (SSSR count). The minimum atomic E-state index is -3.18. The molecule has 0 radical (unpaired) electrons. The Morgan fingerprint density at radius 3 is 2.30 bits per heavy atom. The van der Waals surface area contributed by atoms with Gasteiger partial charge in [-0.3, -0.25) is 4.79 Å². The molecule has 0 aliphatic carbocycles. The fraction of sp³-hybridized carbons (Fsp3) is 0.583. The van der Waals surface area contributed by atoms with Crippen LogP contribution < -0.4 is 5.32 Å². The van der Waals surface area contributed by atoms with E-state index in [0.717, 1.165) is 0 Å². The number of carbonyl (C=O) groups is 1. The lowest BCUT2D eigenvalue weighted by atomic mass is 10.2. The third kappa shape index (κ3) is 3.89. The van der Waals surface area contributed by atoms with E-state index in [0.29, 0.717) is 5.82 Å². The van der Waals surface area contributed by atoms with Crippen LogP contribution in [0.25, 0.3) is 0 Å². The Kier molecular flexibility index (Phi) is 4.69. The molecule has 0 spiro atoms. The Balaban J connectivity index is 2.75. The largest absolute Gasteiger partial charge is 0.367 e. The highest BCUT2D eigenvalue weighted by molar-refractivity contribution is 7.92. The molecule has 0 unspecified atom stereocenters.